The number of hydrogen-bond acceptors (Lipinski definition) is 5. The topological polar surface area (TPSA) is 88.1 Å². The van der Waals surface area contributed by atoms with Crippen molar-refractivity contribution < 1.29 is 17.9 Å². The molecule has 174 valence electrons. The molecular formula is C25H29N3O4S. The molecule has 0 aromatic heterocycles. The van der Waals surface area contributed by atoms with Crippen molar-refractivity contribution in [2.75, 3.05) is 25.5 Å². The second-order valence-electron chi connectivity index (χ2n) is 8.64. The average Bonchev–Trinajstić information content (AvgIpc) is 3.04. The minimum atomic E-state index is -3.78. The van der Waals surface area contributed by atoms with E-state index in [0.29, 0.717) is 48.7 Å². The van der Waals surface area contributed by atoms with Crippen LogP contribution in [0.15, 0.2) is 52.4 Å². The third kappa shape index (κ3) is 4.66. The van der Waals surface area contributed by atoms with Gasteiger partial charge in [0.1, 0.15) is 16.5 Å². The summed E-state index contributed by atoms with van der Waals surface area (Å²) in [5.41, 5.74) is 4.26. The average molecular weight is 468 g/mol. The number of methoxy groups -OCH3 is 1. The van der Waals surface area contributed by atoms with E-state index in [1.807, 2.05) is 36.9 Å². The third-order valence-electron chi connectivity index (χ3n) is 6.30. The summed E-state index contributed by atoms with van der Waals surface area (Å²) in [7, 11) is -2.21. The first-order chi connectivity index (χ1) is 15.7. The largest absolute Gasteiger partial charge is 0.497 e. The Bertz CT molecular complexity index is 1240. The summed E-state index contributed by atoms with van der Waals surface area (Å²) in [6, 6.07) is 12.9. The number of carbonyl (C=O) groups excluding carboxylic acids is 1. The molecular weight excluding hydrogens is 438 g/mol. The van der Waals surface area contributed by atoms with Crippen molar-refractivity contribution >= 4 is 32.4 Å². The second kappa shape index (κ2) is 9.02. The molecule has 2 aliphatic heterocycles. The summed E-state index contributed by atoms with van der Waals surface area (Å²) in [6.45, 7) is 6.96. The molecule has 2 aromatic carbocycles. The normalized spacial score (nSPS) is 18.3. The summed E-state index contributed by atoms with van der Waals surface area (Å²) in [6.07, 6.45) is 1.28. The Morgan fingerprint density at radius 2 is 1.73 bits per heavy atom. The molecule has 1 saturated heterocycles. The van der Waals surface area contributed by atoms with Crippen molar-refractivity contribution in [2.24, 2.45) is 10.3 Å². The Balaban J connectivity index is 1.45. The first-order valence-electron chi connectivity index (χ1n) is 11.0. The van der Waals surface area contributed by atoms with Gasteiger partial charge in [0.2, 0.25) is 5.91 Å². The maximum atomic E-state index is 12.8. The van der Waals surface area contributed by atoms with Gasteiger partial charge in [-0.2, -0.15) is 8.42 Å². The van der Waals surface area contributed by atoms with Gasteiger partial charge in [0.15, 0.2) is 0 Å². The first-order valence-corrected chi connectivity index (χ1v) is 12.5. The quantitative estimate of drug-likeness (QED) is 0.730. The number of aryl methyl sites for hydroxylation is 2. The number of hydrogen-bond donors (Lipinski definition) is 1. The zero-order chi connectivity index (χ0) is 23.8. The second-order valence-corrected chi connectivity index (χ2v) is 10.2. The van der Waals surface area contributed by atoms with Crippen LogP contribution < -0.4 is 10.1 Å². The van der Waals surface area contributed by atoms with Gasteiger partial charge in [-0.3, -0.25) is 4.79 Å². The Hall–Kier alpha value is -3.13. The minimum Gasteiger partial charge on any atom is -0.497 e. The molecule has 0 atom stereocenters. The lowest BCUT2D eigenvalue weighted by atomic mass is 9.95. The number of carbonyl (C=O) groups is 1. The fourth-order valence-electron chi connectivity index (χ4n) is 4.47. The van der Waals surface area contributed by atoms with Gasteiger partial charge >= 0.3 is 0 Å². The zero-order valence-electron chi connectivity index (χ0n) is 19.4. The highest BCUT2D eigenvalue weighted by Crippen LogP contribution is 2.35. The van der Waals surface area contributed by atoms with E-state index in [1.54, 1.807) is 38.3 Å². The van der Waals surface area contributed by atoms with Crippen LogP contribution in [0.2, 0.25) is 0 Å². The predicted octanol–water partition coefficient (Wildman–Crippen LogP) is 4.14. The molecule has 1 fully saturated rings. The van der Waals surface area contributed by atoms with Gasteiger partial charge in [0.05, 0.1) is 7.11 Å². The van der Waals surface area contributed by atoms with Crippen molar-refractivity contribution in [1.82, 2.24) is 4.90 Å². The Morgan fingerprint density at radius 1 is 1.06 bits per heavy atom. The Morgan fingerprint density at radius 3 is 2.33 bits per heavy atom. The molecule has 33 heavy (non-hydrogen) atoms. The number of nitrogens with one attached hydrogen (secondary N) is 1. The first kappa shape index (κ1) is 23.0. The van der Waals surface area contributed by atoms with Crippen molar-refractivity contribution in [3.63, 3.8) is 0 Å². The summed E-state index contributed by atoms with van der Waals surface area (Å²) < 4.78 is 35.0. The number of amidine groups is 1. The maximum absolute atomic E-state index is 12.8. The monoisotopic (exact) mass is 467 g/mol. The number of ether oxygens (including phenoxy) is 1. The van der Waals surface area contributed by atoms with Crippen LogP contribution in [0.25, 0.3) is 4.91 Å². The lowest BCUT2D eigenvalue weighted by Crippen LogP contribution is -2.41. The van der Waals surface area contributed by atoms with Gasteiger partial charge in [-0.1, -0.05) is 17.7 Å². The van der Waals surface area contributed by atoms with Gasteiger partial charge < -0.3 is 15.0 Å². The van der Waals surface area contributed by atoms with Crippen LogP contribution in [0, 0.1) is 19.8 Å². The van der Waals surface area contributed by atoms with Gasteiger partial charge in [-0.25, -0.2) is 0 Å². The minimum absolute atomic E-state index is 0.00812. The molecule has 0 unspecified atom stereocenters. The highest BCUT2D eigenvalue weighted by atomic mass is 32.2. The predicted molar refractivity (Wildman–Crippen MR) is 131 cm³/mol. The van der Waals surface area contributed by atoms with Crippen LogP contribution in [0.4, 0.5) is 5.69 Å². The van der Waals surface area contributed by atoms with E-state index in [-0.39, 0.29) is 16.7 Å². The Kier molecular flexibility index (Phi) is 6.30. The smallest absolute Gasteiger partial charge is 0.285 e. The van der Waals surface area contributed by atoms with E-state index >= 15 is 0 Å². The van der Waals surface area contributed by atoms with Gasteiger partial charge in [-0.05, 0) is 75.1 Å². The zero-order valence-corrected chi connectivity index (χ0v) is 20.2. The molecule has 4 rings (SSSR count). The fourth-order valence-corrected chi connectivity index (χ4v) is 5.95. The van der Waals surface area contributed by atoms with Crippen LogP contribution in [0.1, 0.15) is 36.5 Å². The molecule has 0 saturated carbocycles. The number of benzene rings is 2. The molecule has 0 spiro atoms. The third-order valence-corrected chi connectivity index (χ3v) is 7.77. The van der Waals surface area contributed by atoms with Crippen LogP contribution >= 0.6 is 0 Å². The standard InChI is InChI=1S/C25H29N3O4S/c1-16-5-10-22(17(2)15-16)26-25(29)20-11-13-28(14-12-20)24-18(3)23(33(30,31)27-24)19-6-8-21(32-4)9-7-19/h5-10,15,20H,11-14H2,1-4H3,(H,26,29). The van der Waals surface area contributed by atoms with E-state index in [1.165, 1.54) is 0 Å². The van der Waals surface area contributed by atoms with Crippen LogP contribution in [0.5, 0.6) is 5.75 Å². The van der Waals surface area contributed by atoms with Crippen molar-refractivity contribution in [2.45, 2.75) is 33.6 Å². The molecule has 2 heterocycles. The number of anilines is 1. The van der Waals surface area contributed by atoms with Crippen molar-refractivity contribution in [3.05, 3.63) is 64.7 Å². The number of nitrogens with zero attached hydrogens (tertiary/aromatic N) is 2. The number of sulfonamides is 1. The highest BCUT2D eigenvalue weighted by Gasteiger charge is 2.35. The van der Waals surface area contributed by atoms with Crippen LogP contribution in [-0.2, 0) is 14.8 Å². The number of likely N-dealkylation sites (tertiary alicyclic amines) is 1. The summed E-state index contributed by atoms with van der Waals surface area (Å²) >= 11 is 0. The van der Waals surface area contributed by atoms with Gasteiger partial charge in [0, 0.05) is 30.3 Å². The summed E-state index contributed by atoms with van der Waals surface area (Å²) in [5.74, 6) is 1.03. The molecule has 0 bridgehead atoms. The molecule has 1 amide bonds. The fraction of sp³-hybridized carbons (Fsp3) is 0.360. The molecule has 1 N–H and O–H groups in total. The van der Waals surface area contributed by atoms with Gasteiger partial charge in [-0.15, -0.1) is 4.40 Å². The van der Waals surface area contributed by atoms with E-state index in [4.69, 9.17) is 4.74 Å². The SMILES string of the molecule is COc1ccc(C2=C(C)C(N3CCC(C(=O)Nc4ccc(C)cc4C)CC3)=NS2(=O)=O)cc1. The molecule has 2 aliphatic rings. The van der Waals surface area contributed by atoms with E-state index in [2.05, 4.69) is 9.71 Å². The van der Waals surface area contributed by atoms with Crippen molar-refractivity contribution in [1.29, 1.82) is 0 Å². The highest BCUT2D eigenvalue weighted by molar-refractivity contribution is 8.00. The van der Waals surface area contributed by atoms with Crippen LogP contribution in [0.3, 0.4) is 0 Å². The maximum Gasteiger partial charge on any atom is 0.285 e. The van der Waals surface area contributed by atoms with E-state index in [0.717, 1.165) is 16.8 Å². The van der Waals surface area contributed by atoms with E-state index in [9.17, 15) is 13.2 Å². The number of rotatable bonds is 4. The molecule has 0 radical (unpaired) electrons. The number of piperidine rings is 1. The molecule has 0 aliphatic carbocycles. The lowest BCUT2D eigenvalue weighted by molar-refractivity contribution is -0.121. The Labute approximate surface area is 195 Å². The molecule has 8 heteroatoms. The van der Waals surface area contributed by atoms with Gasteiger partial charge in [0.25, 0.3) is 10.0 Å². The van der Waals surface area contributed by atoms with Crippen molar-refractivity contribution in [3.8, 4) is 5.75 Å². The summed E-state index contributed by atoms with van der Waals surface area (Å²) in [4.78, 5) is 15.0. The molecule has 7 nitrogen and oxygen atoms in total. The summed E-state index contributed by atoms with van der Waals surface area (Å²) in [5, 5.41) is 3.05. The number of amides is 1. The van der Waals surface area contributed by atoms with E-state index < -0.39 is 10.0 Å². The molecule has 2 aromatic rings. The lowest BCUT2D eigenvalue weighted by Gasteiger charge is -2.33. The van der Waals surface area contributed by atoms with Crippen LogP contribution in [-0.4, -0.2) is 45.3 Å².